The van der Waals surface area contributed by atoms with Crippen molar-refractivity contribution in [3.63, 3.8) is 0 Å². The van der Waals surface area contributed by atoms with E-state index in [1.54, 1.807) is 0 Å². The second-order valence-corrected chi connectivity index (χ2v) is 11.1. The fourth-order valence-electron chi connectivity index (χ4n) is 6.36. The molecule has 0 atom stereocenters. The quantitative estimate of drug-likeness (QED) is 0.207. The first-order valence-corrected chi connectivity index (χ1v) is 14.8. The van der Waals surface area contributed by atoms with E-state index in [-0.39, 0.29) is 0 Å². The van der Waals surface area contributed by atoms with Crippen LogP contribution in [0.15, 0.2) is 164 Å². The van der Waals surface area contributed by atoms with E-state index in [2.05, 4.69) is 174 Å². The minimum Gasteiger partial charge on any atom is -0.345 e. The predicted octanol–water partition coefficient (Wildman–Crippen LogP) is 11.0. The van der Waals surface area contributed by atoms with E-state index < -0.39 is 0 Å². The zero-order chi connectivity index (χ0) is 28.8. The van der Waals surface area contributed by atoms with Crippen molar-refractivity contribution in [2.24, 2.45) is 0 Å². The molecule has 1 heterocycles. The molecule has 43 heavy (non-hydrogen) atoms. The molecule has 0 aliphatic carbocycles. The number of fused-ring (bicyclic) bond motifs is 4. The highest BCUT2D eigenvalue weighted by molar-refractivity contribution is 6.14. The Hall–Kier alpha value is -5.60. The highest BCUT2D eigenvalue weighted by Gasteiger charge is 2.16. The van der Waals surface area contributed by atoms with Gasteiger partial charge in [-0.15, -0.1) is 0 Å². The Balaban J connectivity index is 1.21. The molecule has 204 valence electrons. The summed E-state index contributed by atoms with van der Waals surface area (Å²) < 4.78 is 2.43. The molecule has 0 spiro atoms. The van der Waals surface area contributed by atoms with Crippen molar-refractivity contribution >= 4 is 44.0 Å². The number of para-hydroxylation sites is 3. The number of rotatable bonds is 5. The zero-order valence-corrected chi connectivity index (χ0v) is 24.0. The second-order valence-electron chi connectivity index (χ2n) is 11.1. The maximum absolute atomic E-state index is 2.43. The van der Waals surface area contributed by atoms with Crippen LogP contribution in [0, 0.1) is 0 Å². The van der Waals surface area contributed by atoms with Gasteiger partial charge in [-0.05, 0) is 69.9 Å². The van der Waals surface area contributed by atoms with Gasteiger partial charge in [-0.3, -0.25) is 0 Å². The van der Waals surface area contributed by atoms with Gasteiger partial charge in [0.25, 0.3) is 0 Å². The number of benzene rings is 7. The third-order valence-electron chi connectivity index (χ3n) is 8.61. The van der Waals surface area contributed by atoms with Crippen molar-refractivity contribution in [2.45, 2.75) is 0 Å². The molecule has 8 rings (SSSR count). The fraction of sp³-hybridized carbons (Fsp3) is 0.0244. The van der Waals surface area contributed by atoms with Crippen LogP contribution in [-0.4, -0.2) is 11.6 Å². The van der Waals surface area contributed by atoms with E-state index >= 15 is 0 Å². The minimum atomic E-state index is 1.17. The van der Waals surface area contributed by atoms with Gasteiger partial charge in [0.05, 0.1) is 11.0 Å². The molecule has 0 aliphatic heterocycles. The van der Waals surface area contributed by atoms with Crippen LogP contribution in [-0.2, 0) is 0 Å². The summed E-state index contributed by atoms with van der Waals surface area (Å²) in [5.74, 6) is 0. The average molecular weight is 551 g/mol. The molecule has 0 aliphatic rings. The van der Waals surface area contributed by atoms with Gasteiger partial charge in [0.15, 0.2) is 0 Å². The summed E-state index contributed by atoms with van der Waals surface area (Å²) in [5, 5.41) is 5.03. The topological polar surface area (TPSA) is 8.17 Å². The number of aromatic nitrogens is 1. The van der Waals surface area contributed by atoms with E-state index in [0.717, 1.165) is 0 Å². The van der Waals surface area contributed by atoms with Crippen molar-refractivity contribution in [1.82, 2.24) is 4.57 Å². The summed E-state index contributed by atoms with van der Waals surface area (Å²) >= 11 is 0. The van der Waals surface area contributed by atoms with E-state index in [1.807, 2.05) is 6.07 Å². The molecule has 2 heteroatoms. The fourth-order valence-corrected chi connectivity index (χ4v) is 6.36. The molecular weight excluding hydrogens is 520 g/mol. The Morgan fingerprint density at radius 1 is 0.442 bits per heavy atom. The van der Waals surface area contributed by atoms with E-state index in [9.17, 15) is 0 Å². The Bertz CT molecular complexity index is 2220. The number of anilines is 2. The number of hydrogen-bond donors (Lipinski definition) is 0. The molecule has 0 saturated heterocycles. The lowest BCUT2D eigenvalue weighted by atomic mass is 9.98. The van der Waals surface area contributed by atoms with E-state index in [4.69, 9.17) is 0 Å². The van der Waals surface area contributed by atoms with Crippen molar-refractivity contribution in [3.8, 4) is 27.9 Å². The van der Waals surface area contributed by atoms with Crippen LogP contribution < -0.4 is 4.90 Å². The van der Waals surface area contributed by atoms with Gasteiger partial charge in [0.2, 0.25) is 0 Å². The van der Waals surface area contributed by atoms with Gasteiger partial charge in [-0.25, -0.2) is 0 Å². The maximum Gasteiger partial charge on any atom is 0.0619 e. The molecule has 0 amide bonds. The molecule has 0 fully saturated rings. The maximum atomic E-state index is 2.43. The van der Waals surface area contributed by atoms with E-state index in [1.165, 1.54) is 71.9 Å². The van der Waals surface area contributed by atoms with Crippen LogP contribution in [0.25, 0.3) is 60.5 Å². The highest BCUT2D eigenvalue weighted by Crippen LogP contribution is 2.39. The molecule has 7 aromatic carbocycles. The van der Waals surface area contributed by atoms with Crippen molar-refractivity contribution in [2.75, 3.05) is 11.9 Å². The van der Waals surface area contributed by atoms with Crippen LogP contribution in [0.5, 0.6) is 0 Å². The zero-order valence-electron chi connectivity index (χ0n) is 24.0. The van der Waals surface area contributed by atoms with Crippen LogP contribution in [0.2, 0.25) is 0 Å². The second kappa shape index (κ2) is 10.3. The third-order valence-corrected chi connectivity index (χ3v) is 8.61. The first kappa shape index (κ1) is 25.1. The smallest absolute Gasteiger partial charge is 0.0619 e. The number of hydrogen-bond acceptors (Lipinski definition) is 1. The molecule has 0 saturated carbocycles. The molecule has 0 unspecified atom stereocenters. The first-order chi connectivity index (χ1) is 21.2. The molecule has 1 aromatic heterocycles. The molecule has 0 N–H and O–H groups in total. The lowest BCUT2D eigenvalue weighted by molar-refractivity contribution is 1.19. The number of nitrogens with zero attached hydrogens (tertiary/aromatic N) is 2. The summed E-state index contributed by atoms with van der Waals surface area (Å²) in [6, 6.07) is 59.1. The monoisotopic (exact) mass is 550 g/mol. The first-order valence-electron chi connectivity index (χ1n) is 14.8. The van der Waals surface area contributed by atoms with Crippen LogP contribution in [0.3, 0.4) is 0 Å². The van der Waals surface area contributed by atoms with Gasteiger partial charge in [-0.2, -0.15) is 0 Å². The third kappa shape index (κ3) is 4.36. The lowest BCUT2D eigenvalue weighted by Gasteiger charge is -2.19. The van der Waals surface area contributed by atoms with Gasteiger partial charge in [0.1, 0.15) is 0 Å². The molecule has 0 radical (unpaired) electrons. The molecule has 0 bridgehead atoms. The van der Waals surface area contributed by atoms with Gasteiger partial charge in [0, 0.05) is 40.4 Å². The van der Waals surface area contributed by atoms with Crippen molar-refractivity contribution < 1.29 is 0 Å². The molecule has 8 aromatic rings. The average Bonchev–Trinajstić information content (AvgIpc) is 3.43. The van der Waals surface area contributed by atoms with Crippen molar-refractivity contribution in [1.29, 1.82) is 0 Å². The minimum absolute atomic E-state index is 1.17. The Morgan fingerprint density at radius 2 is 1.05 bits per heavy atom. The van der Waals surface area contributed by atoms with E-state index in [0.29, 0.717) is 0 Å². The summed E-state index contributed by atoms with van der Waals surface area (Å²) in [7, 11) is 2.11. The summed E-state index contributed by atoms with van der Waals surface area (Å²) in [4.78, 5) is 2.21. The highest BCUT2D eigenvalue weighted by atomic mass is 15.1. The summed E-state index contributed by atoms with van der Waals surface area (Å²) in [5.41, 5.74) is 10.8. The molecular formula is C41H30N2. The normalized spacial score (nSPS) is 11.4. The summed E-state index contributed by atoms with van der Waals surface area (Å²) in [6.07, 6.45) is 0. The lowest BCUT2D eigenvalue weighted by Crippen LogP contribution is -2.08. The van der Waals surface area contributed by atoms with Crippen LogP contribution >= 0.6 is 0 Å². The SMILES string of the molecule is CN(c1ccccc1)c1ccc(-c2ccc(-c3cccc4c5ccccc5n(-c5ccc6ccccc6c5)c34)cc2)cc1. The van der Waals surface area contributed by atoms with Crippen LogP contribution in [0.4, 0.5) is 11.4 Å². The van der Waals surface area contributed by atoms with Crippen LogP contribution in [0.1, 0.15) is 0 Å². The summed E-state index contributed by atoms with van der Waals surface area (Å²) in [6.45, 7) is 0. The standard InChI is InChI=1S/C41H30N2/c1-42(34-12-3-2-4-13-34)35-25-22-31(23-26-35)30-18-20-32(21-19-30)37-15-9-16-39-38-14-7-8-17-40(38)43(41(37)39)36-27-24-29-10-5-6-11-33(29)28-36/h2-28H,1H3. The predicted molar refractivity (Wildman–Crippen MR) is 184 cm³/mol. The largest absolute Gasteiger partial charge is 0.345 e. The Kier molecular flexibility index (Phi) is 6.05. The van der Waals surface area contributed by atoms with Gasteiger partial charge < -0.3 is 9.47 Å². The van der Waals surface area contributed by atoms with Gasteiger partial charge >= 0.3 is 0 Å². The Labute approximate surface area is 251 Å². The van der Waals surface area contributed by atoms with Crippen molar-refractivity contribution in [3.05, 3.63) is 164 Å². The molecule has 2 nitrogen and oxygen atoms in total. The Morgan fingerprint density at radius 3 is 1.84 bits per heavy atom. The van der Waals surface area contributed by atoms with Gasteiger partial charge in [-0.1, -0.05) is 121 Å².